The Morgan fingerprint density at radius 3 is 2.39 bits per heavy atom. The number of phosphoric ester groups is 1. The molecule has 28 heavy (non-hydrogen) atoms. The molecule has 0 amide bonds. The molecule has 2 aliphatic heterocycles. The second-order valence-electron chi connectivity index (χ2n) is 6.94. The number of aliphatic hydroxyl groups excluding tert-OH is 2. The van der Waals surface area contributed by atoms with Gasteiger partial charge in [0.1, 0.15) is 27.9 Å². The molecule has 2 aliphatic rings. The molecule has 10 nitrogen and oxygen atoms in total. The van der Waals surface area contributed by atoms with Crippen molar-refractivity contribution >= 4 is 43.2 Å². The highest BCUT2D eigenvalue weighted by molar-refractivity contribution is 8.71. The quantitative estimate of drug-likeness (QED) is 0.154. The van der Waals surface area contributed by atoms with Crippen molar-refractivity contribution in [2.24, 2.45) is 0 Å². The normalized spacial score (nSPS) is 35.8. The maximum atomic E-state index is 13.1. The highest BCUT2D eigenvalue weighted by Crippen LogP contribution is 2.52. The van der Waals surface area contributed by atoms with E-state index in [1.165, 1.54) is 0 Å². The van der Waals surface area contributed by atoms with Gasteiger partial charge in [0.25, 0.3) is 0 Å². The first-order valence-corrected chi connectivity index (χ1v) is 13.9. The van der Waals surface area contributed by atoms with Crippen molar-refractivity contribution in [3.63, 3.8) is 0 Å². The van der Waals surface area contributed by atoms with Gasteiger partial charge < -0.3 is 19.7 Å². The zero-order chi connectivity index (χ0) is 20.9. The zero-order valence-electron chi connectivity index (χ0n) is 16.1. The maximum absolute atomic E-state index is 13.1. The van der Waals surface area contributed by atoms with Gasteiger partial charge in [-0.1, -0.05) is 0 Å². The largest absolute Gasteiger partial charge is 0.475 e. The van der Waals surface area contributed by atoms with Crippen LogP contribution in [0.4, 0.5) is 0 Å². The van der Waals surface area contributed by atoms with Crippen molar-refractivity contribution < 1.29 is 46.2 Å². The minimum absolute atomic E-state index is 0.0378. The summed E-state index contributed by atoms with van der Waals surface area (Å²) in [5.41, 5.74) is 0. The minimum atomic E-state index is -4.12. The van der Waals surface area contributed by atoms with Crippen LogP contribution in [0.5, 0.6) is 0 Å². The maximum Gasteiger partial charge on any atom is 0.475 e. The molecule has 2 saturated heterocycles. The second-order valence-corrected chi connectivity index (χ2v) is 13.1. The van der Waals surface area contributed by atoms with Gasteiger partial charge in [-0.2, -0.15) is 0 Å². The lowest BCUT2D eigenvalue weighted by Gasteiger charge is -2.25. The van der Waals surface area contributed by atoms with Crippen LogP contribution in [-0.2, 0) is 36.5 Å². The molecular weight excluding hydrogens is 433 g/mol. The summed E-state index contributed by atoms with van der Waals surface area (Å²) in [5, 5.41) is 19.4. The first-order chi connectivity index (χ1) is 13.0. The van der Waals surface area contributed by atoms with Crippen molar-refractivity contribution in [1.29, 1.82) is 0 Å². The summed E-state index contributed by atoms with van der Waals surface area (Å²) >= 11 is 0. The smallest absolute Gasteiger partial charge is 0.394 e. The van der Waals surface area contributed by atoms with Gasteiger partial charge in [0.05, 0.1) is 32.0 Å². The Morgan fingerprint density at radius 2 is 1.82 bits per heavy atom. The number of rotatable bonds is 11. The fourth-order valence-corrected chi connectivity index (χ4v) is 6.13. The molecule has 15 heteroatoms. The molecule has 0 spiro atoms. The third-order valence-electron chi connectivity index (χ3n) is 4.27. The highest BCUT2D eigenvalue weighted by Gasteiger charge is 2.42. The first-order valence-electron chi connectivity index (χ1n) is 9.03. The monoisotopic (exact) mass is 460 g/mol. The fraction of sp³-hybridized carbons (Fsp3) is 1.00. The van der Waals surface area contributed by atoms with Crippen LogP contribution < -0.4 is 0 Å². The third kappa shape index (κ3) is 7.90. The van der Waals surface area contributed by atoms with Crippen LogP contribution in [0.3, 0.4) is 0 Å². The van der Waals surface area contributed by atoms with Gasteiger partial charge in [0.15, 0.2) is 8.87 Å². The number of phosphoric acid groups is 1. The Bertz CT molecular complexity index is 653. The summed E-state index contributed by atoms with van der Waals surface area (Å²) in [6.07, 6.45) is -0.924. The molecule has 7 atom stereocenters. The molecule has 0 aromatic heterocycles. The van der Waals surface area contributed by atoms with Crippen molar-refractivity contribution in [1.82, 2.24) is 0 Å². The predicted octanol–water partition coefficient (Wildman–Crippen LogP) is -1.94. The lowest BCUT2D eigenvalue weighted by Crippen LogP contribution is -2.29. The van der Waals surface area contributed by atoms with Crippen molar-refractivity contribution in [3.8, 4) is 0 Å². The lowest BCUT2D eigenvalue weighted by molar-refractivity contribution is -0.0293. The molecule has 0 bridgehead atoms. The van der Waals surface area contributed by atoms with E-state index in [2.05, 4.69) is 0 Å². The van der Waals surface area contributed by atoms with Crippen LogP contribution in [0, 0.1) is 0 Å². The molecular formula is C13H27B2O10PS2. The molecule has 0 saturated carbocycles. The van der Waals surface area contributed by atoms with Gasteiger partial charge in [-0.15, -0.1) is 0 Å². The van der Waals surface area contributed by atoms with E-state index in [4.69, 9.17) is 23.0 Å². The van der Waals surface area contributed by atoms with E-state index in [-0.39, 0.29) is 37.6 Å². The van der Waals surface area contributed by atoms with Gasteiger partial charge in [0, 0.05) is 24.0 Å². The van der Waals surface area contributed by atoms with E-state index in [0.717, 1.165) is 6.26 Å². The summed E-state index contributed by atoms with van der Waals surface area (Å²) in [4.78, 5) is 0. The summed E-state index contributed by atoms with van der Waals surface area (Å²) in [6.45, 7) is -0.720. The van der Waals surface area contributed by atoms with E-state index in [9.17, 15) is 23.2 Å². The molecule has 0 aromatic rings. The molecule has 2 rings (SSSR count). The van der Waals surface area contributed by atoms with Crippen molar-refractivity contribution in [3.05, 3.63) is 0 Å². The summed E-state index contributed by atoms with van der Waals surface area (Å²) in [6, 6.07) is -0.351. The second kappa shape index (κ2) is 10.6. The third-order valence-corrected chi connectivity index (χ3v) is 8.31. The van der Waals surface area contributed by atoms with E-state index >= 15 is 0 Å². The van der Waals surface area contributed by atoms with E-state index in [0.29, 0.717) is 23.6 Å². The van der Waals surface area contributed by atoms with Crippen molar-refractivity contribution in [2.45, 2.75) is 49.3 Å². The summed E-state index contributed by atoms with van der Waals surface area (Å²) in [5.74, 6) is 0.0378. The molecule has 162 valence electrons. The number of hydrogen-bond acceptors (Lipinski definition) is 11. The topological polar surface area (TPSA) is 138 Å². The van der Waals surface area contributed by atoms with Gasteiger partial charge in [-0.3, -0.25) is 13.6 Å². The standard InChI is InChI=1S/C13H27B2O10PS2/c1-28(19,20)27-3-2-21-26(18,22-7-11-8(17)4-12(14)24-11)25-9-5-13(15)23-10(9)6-16/h8-13,16-17H,2-7,14-15H2,1H3/t8?,9?,10-,11-,12-,13-,26+/m1/s1. The van der Waals surface area contributed by atoms with Crippen LogP contribution in [0.15, 0.2) is 0 Å². The molecule has 0 aliphatic carbocycles. The molecule has 2 heterocycles. The predicted molar refractivity (Wildman–Crippen MR) is 108 cm³/mol. The Balaban J connectivity index is 1.98. The summed E-state index contributed by atoms with van der Waals surface area (Å²) in [7, 11) is -3.12. The molecule has 2 unspecified atom stereocenters. The van der Waals surface area contributed by atoms with Crippen LogP contribution in [-0.4, -0.2) is 103 Å². The highest BCUT2D eigenvalue weighted by atomic mass is 33.1. The average molecular weight is 460 g/mol. The zero-order valence-corrected chi connectivity index (χ0v) is 18.7. The molecule has 0 aromatic carbocycles. The van der Waals surface area contributed by atoms with E-state index < -0.39 is 41.1 Å². The average Bonchev–Trinajstić information content (AvgIpc) is 3.09. The van der Waals surface area contributed by atoms with Gasteiger partial charge in [-0.05, 0) is 23.6 Å². The number of aliphatic hydroxyl groups is 2. The summed E-state index contributed by atoms with van der Waals surface area (Å²) < 4.78 is 62.8. The first kappa shape index (κ1) is 24.6. The Hall–Kier alpha value is 0.380. The van der Waals surface area contributed by atoms with E-state index in [1.807, 2.05) is 0 Å². The Kier molecular flexibility index (Phi) is 9.34. The van der Waals surface area contributed by atoms with Crippen LogP contribution in [0.2, 0.25) is 0 Å². The van der Waals surface area contributed by atoms with Crippen LogP contribution in [0.1, 0.15) is 12.8 Å². The molecule has 0 radical (unpaired) electrons. The van der Waals surface area contributed by atoms with Gasteiger partial charge >= 0.3 is 7.82 Å². The fourth-order valence-electron chi connectivity index (χ4n) is 3.04. The lowest BCUT2D eigenvalue weighted by atomic mass is 9.96. The SMILES string of the molecule is B[C@H]1CC(O)[C@@H](CO[P@](=O)(OCCSS(C)(=O)=O)OC2C[C@H](B)O[C@@H]2CO)O1. The van der Waals surface area contributed by atoms with Crippen LogP contribution in [0.25, 0.3) is 0 Å². The molecule has 2 N–H and O–H groups in total. The van der Waals surface area contributed by atoms with Gasteiger partial charge in [0.2, 0.25) is 0 Å². The number of ether oxygens (including phenoxy) is 2. The van der Waals surface area contributed by atoms with Crippen LogP contribution >= 0.6 is 18.6 Å². The minimum Gasteiger partial charge on any atom is -0.394 e. The van der Waals surface area contributed by atoms with Crippen molar-refractivity contribution in [2.75, 3.05) is 31.8 Å². The molecule has 2 fully saturated rings. The van der Waals surface area contributed by atoms with E-state index in [1.54, 1.807) is 15.7 Å². The van der Waals surface area contributed by atoms with Gasteiger partial charge in [-0.25, -0.2) is 13.0 Å². The Morgan fingerprint density at radius 1 is 1.18 bits per heavy atom. The Labute approximate surface area is 170 Å². The number of hydrogen-bond donors (Lipinski definition) is 2.